The number of hydrogen-bond acceptors (Lipinski definition) is 2. The van der Waals surface area contributed by atoms with Crippen LogP contribution in [-0.4, -0.2) is 20.3 Å². The summed E-state index contributed by atoms with van der Waals surface area (Å²) in [7, 11) is 0. The molecule has 0 aliphatic rings. The zero-order valence-corrected chi connectivity index (χ0v) is 14.5. The van der Waals surface area contributed by atoms with E-state index in [0.717, 1.165) is 16.6 Å². The van der Waals surface area contributed by atoms with Crippen molar-refractivity contribution < 1.29 is 5.11 Å². The first kappa shape index (κ1) is 16.5. The predicted octanol–water partition coefficient (Wildman–Crippen LogP) is 3.38. The van der Waals surface area contributed by atoms with Crippen LogP contribution in [0, 0.1) is 10.8 Å². The summed E-state index contributed by atoms with van der Waals surface area (Å²) in [5.41, 5.74) is 3.37. The fraction of sp³-hybridized carbons (Fsp3) is 0.350. The molecule has 126 valence electrons. The Labute approximate surface area is 142 Å². The number of nitrogens with zero attached hydrogens (tertiary/aromatic N) is 2. The van der Waals surface area contributed by atoms with Gasteiger partial charge in [0.1, 0.15) is 0 Å². The Bertz CT molecular complexity index is 885. The van der Waals surface area contributed by atoms with Crippen LogP contribution in [0.5, 0.6) is 0 Å². The van der Waals surface area contributed by atoms with E-state index in [1.54, 1.807) is 0 Å². The summed E-state index contributed by atoms with van der Waals surface area (Å²) < 4.78 is 3.91. The molecule has 3 aromatic rings. The summed E-state index contributed by atoms with van der Waals surface area (Å²) in [5.74, 6) is 0. The molecule has 1 atom stereocenters. The topological polar surface area (TPSA) is 53.9 Å². The number of hydrogen-bond donors (Lipinski definition) is 2. The molecule has 4 heteroatoms. The Morgan fingerprint density at radius 1 is 0.917 bits per heavy atom. The Morgan fingerprint density at radius 3 is 2.04 bits per heavy atom. The summed E-state index contributed by atoms with van der Waals surface area (Å²) in [6.45, 7) is 7.13. The average Bonchev–Trinajstić information content (AvgIpc) is 2.81. The molecule has 1 unspecified atom stereocenters. The lowest BCUT2D eigenvalue weighted by Gasteiger charge is -2.26. The van der Waals surface area contributed by atoms with E-state index in [-0.39, 0.29) is 5.41 Å². The van der Waals surface area contributed by atoms with Crippen LogP contribution in [-0.2, 0) is 13.1 Å². The molecule has 0 fully saturated rings. The largest absolute Gasteiger partial charge is 0.391 e. The summed E-state index contributed by atoms with van der Waals surface area (Å²) in [6, 6.07) is 18.2. The molecule has 1 aromatic heterocycles. The van der Waals surface area contributed by atoms with Crippen LogP contribution in [0.3, 0.4) is 0 Å². The Kier molecular flexibility index (Phi) is 4.33. The molecule has 0 bridgehead atoms. The van der Waals surface area contributed by atoms with Gasteiger partial charge in [-0.1, -0.05) is 63.2 Å². The minimum absolute atomic E-state index is 0.220. The van der Waals surface area contributed by atoms with Crippen molar-refractivity contribution in [1.29, 1.82) is 5.41 Å². The van der Waals surface area contributed by atoms with Crippen LogP contribution in [0.4, 0.5) is 0 Å². The van der Waals surface area contributed by atoms with Gasteiger partial charge < -0.3 is 14.2 Å². The van der Waals surface area contributed by atoms with Gasteiger partial charge in [0.25, 0.3) is 0 Å². The van der Waals surface area contributed by atoms with Gasteiger partial charge >= 0.3 is 0 Å². The van der Waals surface area contributed by atoms with Crippen molar-refractivity contribution in [2.45, 2.75) is 40.0 Å². The molecule has 2 aromatic carbocycles. The highest BCUT2D eigenvalue weighted by Gasteiger charge is 2.24. The molecule has 24 heavy (non-hydrogen) atoms. The predicted molar refractivity (Wildman–Crippen MR) is 96.8 cm³/mol. The molecule has 4 nitrogen and oxygen atoms in total. The fourth-order valence-electron chi connectivity index (χ4n) is 2.85. The number of nitrogens with one attached hydrogen (secondary N) is 1. The first-order valence-corrected chi connectivity index (χ1v) is 8.32. The van der Waals surface area contributed by atoms with Gasteiger partial charge in [-0.3, -0.25) is 5.41 Å². The maximum absolute atomic E-state index is 10.5. The highest BCUT2D eigenvalue weighted by Crippen LogP contribution is 2.22. The molecular weight excluding hydrogens is 298 g/mol. The van der Waals surface area contributed by atoms with Crippen LogP contribution >= 0.6 is 0 Å². The summed E-state index contributed by atoms with van der Waals surface area (Å²) >= 11 is 0. The molecule has 0 saturated heterocycles. The van der Waals surface area contributed by atoms with E-state index in [9.17, 15) is 5.11 Å². The standard InChI is InChI=1S/C20H25N3O/c1-20(2,3)18(24)14-23-17-12-8-7-11-16(17)22(19(23)21)13-15-9-5-4-6-10-15/h4-12,18,21,24H,13-14H2,1-3H3. The summed E-state index contributed by atoms with van der Waals surface area (Å²) in [6.07, 6.45) is -0.511. The highest BCUT2D eigenvalue weighted by atomic mass is 16.3. The zero-order chi connectivity index (χ0) is 17.3. The average molecular weight is 323 g/mol. The summed E-state index contributed by atoms with van der Waals surface area (Å²) in [5, 5.41) is 19.1. The first-order chi connectivity index (χ1) is 11.4. The van der Waals surface area contributed by atoms with E-state index >= 15 is 0 Å². The fourth-order valence-corrected chi connectivity index (χ4v) is 2.85. The first-order valence-electron chi connectivity index (χ1n) is 8.32. The van der Waals surface area contributed by atoms with Crippen LogP contribution < -0.4 is 5.62 Å². The number of rotatable bonds is 4. The lowest BCUT2D eigenvalue weighted by molar-refractivity contribution is 0.0478. The number of imidazole rings is 1. The van der Waals surface area contributed by atoms with Crippen molar-refractivity contribution >= 4 is 11.0 Å². The van der Waals surface area contributed by atoms with E-state index in [0.29, 0.717) is 18.7 Å². The smallest absolute Gasteiger partial charge is 0.203 e. The second kappa shape index (κ2) is 6.29. The van der Waals surface area contributed by atoms with Crippen molar-refractivity contribution in [2.75, 3.05) is 0 Å². The third-order valence-electron chi connectivity index (χ3n) is 4.51. The Hall–Kier alpha value is -2.33. The van der Waals surface area contributed by atoms with Crippen molar-refractivity contribution in [3.8, 4) is 0 Å². The van der Waals surface area contributed by atoms with Gasteiger partial charge in [0, 0.05) is 0 Å². The maximum Gasteiger partial charge on any atom is 0.203 e. The molecule has 0 amide bonds. The van der Waals surface area contributed by atoms with E-state index in [4.69, 9.17) is 5.41 Å². The van der Waals surface area contributed by atoms with E-state index in [1.165, 1.54) is 0 Å². The van der Waals surface area contributed by atoms with Gasteiger partial charge in [-0.25, -0.2) is 0 Å². The van der Waals surface area contributed by atoms with E-state index in [2.05, 4.69) is 12.1 Å². The van der Waals surface area contributed by atoms with Crippen molar-refractivity contribution in [3.63, 3.8) is 0 Å². The van der Waals surface area contributed by atoms with Crippen LogP contribution in [0.25, 0.3) is 11.0 Å². The molecule has 0 saturated carbocycles. The normalized spacial score (nSPS) is 13.3. The van der Waals surface area contributed by atoms with Gasteiger partial charge in [-0.2, -0.15) is 0 Å². The van der Waals surface area contributed by atoms with Crippen LogP contribution in [0.1, 0.15) is 26.3 Å². The number of aliphatic hydroxyl groups excluding tert-OH is 1. The molecular formula is C20H25N3O. The molecule has 0 radical (unpaired) electrons. The van der Waals surface area contributed by atoms with Gasteiger partial charge in [0.05, 0.1) is 30.2 Å². The van der Waals surface area contributed by atoms with Crippen LogP contribution in [0.2, 0.25) is 0 Å². The second-order valence-electron chi connectivity index (χ2n) is 7.38. The second-order valence-corrected chi connectivity index (χ2v) is 7.38. The number of para-hydroxylation sites is 2. The van der Waals surface area contributed by atoms with E-state index < -0.39 is 6.10 Å². The monoisotopic (exact) mass is 323 g/mol. The molecule has 0 aliphatic carbocycles. The zero-order valence-electron chi connectivity index (χ0n) is 14.5. The number of aromatic nitrogens is 2. The van der Waals surface area contributed by atoms with Gasteiger partial charge in [-0.15, -0.1) is 0 Å². The van der Waals surface area contributed by atoms with Crippen LogP contribution in [0.15, 0.2) is 54.6 Å². The highest BCUT2D eigenvalue weighted by molar-refractivity contribution is 5.76. The van der Waals surface area contributed by atoms with Gasteiger partial charge in [-0.05, 0) is 23.1 Å². The third kappa shape index (κ3) is 3.15. The lowest BCUT2D eigenvalue weighted by Crippen LogP contribution is -2.35. The quantitative estimate of drug-likeness (QED) is 0.760. The molecule has 1 heterocycles. The third-order valence-corrected chi connectivity index (χ3v) is 4.51. The van der Waals surface area contributed by atoms with Crippen molar-refractivity contribution in [1.82, 2.24) is 9.13 Å². The Balaban J connectivity index is 2.08. The van der Waals surface area contributed by atoms with Gasteiger partial charge in [0.15, 0.2) is 0 Å². The molecule has 0 spiro atoms. The minimum atomic E-state index is -0.511. The maximum atomic E-state index is 10.5. The van der Waals surface area contributed by atoms with Gasteiger partial charge in [0.2, 0.25) is 5.62 Å². The van der Waals surface area contributed by atoms with E-state index in [1.807, 2.05) is 72.4 Å². The minimum Gasteiger partial charge on any atom is -0.391 e. The van der Waals surface area contributed by atoms with Crippen molar-refractivity contribution in [3.05, 3.63) is 65.8 Å². The number of fused-ring (bicyclic) bond motifs is 1. The van der Waals surface area contributed by atoms with Crippen molar-refractivity contribution in [2.24, 2.45) is 5.41 Å². The number of aliphatic hydroxyl groups is 1. The number of benzene rings is 2. The Morgan fingerprint density at radius 2 is 1.46 bits per heavy atom. The lowest BCUT2D eigenvalue weighted by atomic mass is 9.89. The summed E-state index contributed by atoms with van der Waals surface area (Å²) in [4.78, 5) is 0. The SMILES string of the molecule is CC(C)(C)C(O)Cn1c(=N)n(Cc2ccccc2)c2ccccc21. The molecule has 2 N–H and O–H groups in total. The molecule has 0 aliphatic heterocycles. The molecule has 3 rings (SSSR count).